The van der Waals surface area contributed by atoms with Crippen LogP contribution in [0.3, 0.4) is 0 Å². The largest absolute Gasteiger partial charge is 0.310 e. The Kier molecular flexibility index (Phi) is 2.20. The molecule has 0 saturated carbocycles. The third-order valence-corrected chi connectivity index (χ3v) is 3.04. The lowest BCUT2D eigenvalue weighted by Crippen LogP contribution is -2.35. The number of aryl methyl sites for hydroxylation is 1. The molecule has 0 bridgehead atoms. The Morgan fingerprint density at radius 2 is 2.25 bits per heavy atom. The Balaban J connectivity index is 2.31. The first-order chi connectivity index (χ1) is 5.77. The molecular formula is C10H12BrN. The minimum Gasteiger partial charge on any atom is -0.310 e. The minimum atomic E-state index is 0.583. The van der Waals surface area contributed by atoms with Crippen LogP contribution in [0, 0.1) is 6.92 Å². The van der Waals surface area contributed by atoms with E-state index in [1.165, 1.54) is 22.0 Å². The molecular weight excluding hydrogens is 214 g/mol. The van der Waals surface area contributed by atoms with Gasteiger partial charge in [-0.15, -0.1) is 0 Å². The molecule has 1 atom stereocenters. The van der Waals surface area contributed by atoms with Crippen molar-refractivity contribution >= 4 is 15.9 Å². The van der Waals surface area contributed by atoms with Crippen molar-refractivity contribution in [2.24, 2.45) is 0 Å². The Bertz CT molecular complexity index is 292. The van der Waals surface area contributed by atoms with Crippen LogP contribution >= 0.6 is 15.9 Å². The summed E-state index contributed by atoms with van der Waals surface area (Å²) in [6.45, 7) is 3.27. The summed E-state index contributed by atoms with van der Waals surface area (Å²) in [5, 5.41) is 3.39. The topological polar surface area (TPSA) is 12.0 Å². The molecule has 12 heavy (non-hydrogen) atoms. The standard InChI is InChI=1S/C10H12BrN/c1-7-2-3-8(9(11)6-7)10-4-5-12-10/h2-3,6,10,12H,4-5H2,1H3. The van der Waals surface area contributed by atoms with Gasteiger partial charge in [0.05, 0.1) is 0 Å². The van der Waals surface area contributed by atoms with Gasteiger partial charge in [-0.3, -0.25) is 0 Å². The minimum absolute atomic E-state index is 0.583. The maximum atomic E-state index is 3.58. The third-order valence-electron chi connectivity index (χ3n) is 2.36. The van der Waals surface area contributed by atoms with E-state index in [2.05, 4.69) is 46.4 Å². The average molecular weight is 226 g/mol. The van der Waals surface area contributed by atoms with Gasteiger partial charge in [-0.2, -0.15) is 0 Å². The van der Waals surface area contributed by atoms with Crippen LogP contribution < -0.4 is 5.32 Å². The second-order valence-electron chi connectivity index (χ2n) is 3.32. The average Bonchev–Trinajstić information content (AvgIpc) is 1.91. The van der Waals surface area contributed by atoms with Gasteiger partial charge in [-0.05, 0) is 37.1 Å². The number of nitrogens with one attached hydrogen (secondary N) is 1. The van der Waals surface area contributed by atoms with Crippen molar-refractivity contribution < 1.29 is 0 Å². The maximum Gasteiger partial charge on any atom is 0.0343 e. The molecule has 1 fully saturated rings. The van der Waals surface area contributed by atoms with Crippen LogP contribution in [0.25, 0.3) is 0 Å². The first kappa shape index (κ1) is 8.27. The normalized spacial score (nSPS) is 22.0. The second kappa shape index (κ2) is 3.19. The van der Waals surface area contributed by atoms with Crippen LogP contribution in [0.15, 0.2) is 22.7 Å². The van der Waals surface area contributed by atoms with E-state index in [9.17, 15) is 0 Å². The molecule has 0 spiro atoms. The molecule has 1 aliphatic rings. The quantitative estimate of drug-likeness (QED) is 0.776. The van der Waals surface area contributed by atoms with Gasteiger partial charge in [0.25, 0.3) is 0 Å². The molecule has 1 aromatic carbocycles. The molecule has 0 aromatic heterocycles. The summed E-state index contributed by atoms with van der Waals surface area (Å²) < 4.78 is 1.24. The fourth-order valence-corrected chi connectivity index (χ4v) is 2.24. The lowest BCUT2D eigenvalue weighted by atomic mass is 9.97. The van der Waals surface area contributed by atoms with Crippen LogP contribution in [-0.4, -0.2) is 6.54 Å². The lowest BCUT2D eigenvalue weighted by Gasteiger charge is -2.28. The van der Waals surface area contributed by atoms with Crippen molar-refractivity contribution in [1.29, 1.82) is 0 Å². The van der Waals surface area contributed by atoms with Crippen molar-refractivity contribution in [3.05, 3.63) is 33.8 Å². The molecule has 1 unspecified atom stereocenters. The predicted molar refractivity (Wildman–Crippen MR) is 54.2 cm³/mol. The zero-order valence-corrected chi connectivity index (χ0v) is 8.69. The molecule has 1 heterocycles. The molecule has 1 aliphatic heterocycles. The van der Waals surface area contributed by atoms with Gasteiger partial charge < -0.3 is 5.32 Å². The molecule has 1 aromatic rings. The van der Waals surface area contributed by atoms with Gasteiger partial charge in [0, 0.05) is 10.5 Å². The van der Waals surface area contributed by atoms with Crippen LogP contribution in [0.2, 0.25) is 0 Å². The highest BCUT2D eigenvalue weighted by Gasteiger charge is 2.20. The zero-order chi connectivity index (χ0) is 8.55. The van der Waals surface area contributed by atoms with E-state index in [4.69, 9.17) is 0 Å². The predicted octanol–water partition coefficient (Wildman–Crippen LogP) is 2.79. The number of benzene rings is 1. The van der Waals surface area contributed by atoms with E-state index < -0.39 is 0 Å². The van der Waals surface area contributed by atoms with Crippen LogP contribution in [-0.2, 0) is 0 Å². The van der Waals surface area contributed by atoms with Gasteiger partial charge in [0.15, 0.2) is 0 Å². The zero-order valence-electron chi connectivity index (χ0n) is 7.10. The van der Waals surface area contributed by atoms with Crippen molar-refractivity contribution in [3.63, 3.8) is 0 Å². The van der Waals surface area contributed by atoms with E-state index in [1.807, 2.05) is 0 Å². The molecule has 1 N–H and O–H groups in total. The molecule has 2 rings (SSSR count). The lowest BCUT2D eigenvalue weighted by molar-refractivity contribution is 0.382. The first-order valence-corrected chi connectivity index (χ1v) is 5.06. The molecule has 1 nitrogen and oxygen atoms in total. The van der Waals surface area contributed by atoms with Gasteiger partial charge in [0.2, 0.25) is 0 Å². The highest BCUT2D eigenvalue weighted by molar-refractivity contribution is 9.10. The molecule has 0 amide bonds. The summed E-state index contributed by atoms with van der Waals surface area (Å²) >= 11 is 3.58. The van der Waals surface area contributed by atoms with E-state index in [0.29, 0.717) is 6.04 Å². The van der Waals surface area contributed by atoms with Crippen LogP contribution in [0.1, 0.15) is 23.6 Å². The van der Waals surface area contributed by atoms with Crippen molar-refractivity contribution in [1.82, 2.24) is 5.32 Å². The summed E-state index contributed by atoms with van der Waals surface area (Å²) in [6, 6.07) is 7.13. The second-order valence-corrected chi connectivity index (χ2v) is 4.17. The monoisotopic (exact) mass is 225 g/mol. The smallest absolute Gasteiger partial charge is 0.0343 e. The summed E-state index contributed by atoms with van der Waals surface area (Å²) in [4.78, 5) is 0. The number of halogens is 1. The number of rotatable bonds is 1. The Hall–Kier alpha value is -0.340. The fraction of sp³-hybridized carbons (Fsp3) is 0.400. The Morgan fingerprint density at radius 3 is 2.75 bits per heavy atom. The summed E-state index contributed by atoms with van der Waals surface area (Å²) in [5.74, 6) is 0. The number of hydrogen-bond acceptors (Lipinski definition) is 1. The third kappa shape index (κ3) is 1.41. The van der Waals surface area contributed by atoms with Crippen LogP contribution in [0.4, 0.5) is 0 Å². The van der Waals surface area contributed by atoms with Crippen LogP contribution in [0.5, 0.6) is 0 Å². The summed E-state index contributed by atoms with van der Waals surface area (Å²) in [7, 11) is 0. The maximum absolute atomic E-state index is 3.58. The van der Waals surface area contributed by atoms with Crippen molar-refractivity contribution in [2.75, 3.05) is 6.54 Å². The van der Waals surface area contributed by atoms with E-state index in [0.717, 1.165) is 6.54 Å². The molecule has 64 valence electrons. The van der Waals surface area contributed by atoms with Gasteiger partial charge in [0.1, 0.15) is 0 Å². The van der Waals surface area contributed by atoms with Gasteiger partial charge >= 0.3 is 0 Å². The summed E-state index contributed by atoms with van der Waals surface area (Å²) in [5.41, 5.74) is 2.71. The number of hydrogen-bond donors (Lipinski definition) is 1. The fourth-order valence-electron chi connectivity index (χ4n) is 1.47. The van der Waals surface area contributed by atoms with Gasteiger partial charge in [-0.25, -0.2) is 0 Å². The van der Waals surface area contributed by atoms with Crippen molar-refractivity contribution in [2.45, 2.75) is 19.4 Å². The molecule has 0 aliphatic carbocycles. The van der Waals surface area contributed by atoms with Crippen molar-refractivity contribution in [3.8, 4) is 0 Å². The SMILES string of the molecule is Cc1ccc(C2CCN2)c(Br)c1. The molecule has 0 radical (unpaired) electrons. The van der Waals surface area contributed by atoms with E-state index >= 15 is 0 Å². The Labute approximate surface area is 81.3 Å². The van der Waals surface area contributed by atoms with E-state index in [1.54, 1.807) is 0 Å². The molecule has 1 saturated heterocycles. The summed E-state index contributed by atoms with van der Waals surface area (Å²) in [6.07, 6.45) is 1.27. The van der Waals surface area contributed by atoms with Gasteiger partial charge in [-0.1, -0.05) is 28.1 Å². The first-order valence-electron chi connectivity index (χ1n) is 4.27. The Morgan fingerprint density at radius 1 is 1.50 bits per heavy atom. The highest BCUT2D eigenvalue weighted by Crippen LogP contribution is 2.29. The van der Waals surface area contributed by atoms with E-state index in [-0.39, 0.29) is 0 Å². The molecule has 2 heteroatoms. The highest BCUT2D eigenvalue weighted by atomic mass is 79.9.